The molecule has 1 aliphatic rings. The van der Waals surface area contributed by atoms with Crippen LogP contribution in [0.4, 0.5) is 5.69 Å². The normalized spacial score (nSPS) is 23.5. The molecule has 2 unspecified atom stereocenters. The van der Waals surface area contributed by atoms with Gasteiger partial charge in [0.05, 0.1) is 29.5 Å². The van der Waals surface area contributed by atoms with E-state index < -0.39 is 0 Å². The molecule has 3 nitrogen and oxygen atoms in total. The summed E-state index contributed by atoms with van der Waals surface area (Å²) in [6.07, 6.45) is 1.21. The third kappa shape index (κ3) is 3.10. The van der Waals surface area contributed by atoms with Crippen molar-refractivity contribution in [3.63, 3.8) is 0 Å². The maximum atomic E-state index is 11.4. The fourth-order valence-electron chi connectivity index (χ4n) is 2.44. The molecule has 0 radical (unpaired) electrons. The molecule has 19 heavy (non-hydrogen) atoms. The Bertz CT molecular complexity index is 475. The van der Waals surface area contributed by atoms with Crippen molar-refractivity contribution in [3.05, 3.63) is 28.8 Å². The number of benzene rings is 1. The van der Waals surface area contributed by atoms with Gasteiger partial charge >= 0.3 is 0 Å². The predicted molar refractivity (Wildman–Crippen MR) is 78.3 cm³/mol. The first kappa shape index (κ1) is 14.4. The van der Waals surface area contributed by atoms with Gasteiger partial charge in [-0.2, -0.15) is 0 Å². The van der Waals surface area contributed by atoms with Crippen LogP contribution in [-0.2, 0) is 4.74 Å². The minimum atomic E-state index is 0.0378. The monoisotopic (exact) mass is 281 g/mol. The van der Waals surface area contributed by atoms with Crippen LogP contribution in [0.15, 0.2) is 18.2 Å². The lowest BCUT2D eigenvalue weighted by molar-refractivity contribution is 0.0299. The minimum absolute atomic E-state index is 0.0378. The fourth-order valence-corrected chi connectivity index (χ4v) is 2.73. The summed E-state index contributed by atoms with van der Waals surface area (Å²) in [6.45, 7) is 7.32. The summed E-state index contributed by atoms with van der Waals surface area (Å²) < 4.78 is 5.70. The van der Waals surface area contributed by atoms with Gasteiger partial charge in [-0.25, -0.2) is 0 Å². The molecule has 0 amide bonds. The van der Waals surface area contributed by atoms with E-state index in [1.54, 1.807) is 13.0 Å². The summed E-state index contributed by atoms with van der Waals surface area (Å²) >= 11 is 6.34. The number of ether oxygens (including phenoxy) is 1. The SMILES string of the molecule is CCC1COC(C)CN1c1ccc(C(C)=O)cc1Cl. The molecule has 2 atom stereocenters. The second kappa shape index (κ2) is 5.93. The molecule has 1 heterocycles. The van der Waals surface area contributed by atoms with Gasteiger partial charge in [-0.15, -0.1) is 0 Å². The number of nitrogens with zero attached hydrogens (tertiary/aromatic N) is 1. The third-order valence-corrected chi connectivity index (χ3v) is 3.91. The number of rotatable bonds is 3. The van der Waals surface area contributed by atoms with Gasteiger partial charge in [0.25, 0.3) is 0 Å². The van der Waals surface area contributed by atoms with E-state index in [0.29, 0.717) is 16.6 Å². The van der Waals surface area contributed by atoms with Gasteiger partial charge in [0.15, 0.2) is 5.78 Å². The molecular weight excluding hydrogens is 262 g/mol. The molecule has 0 spiro atoms. The van der Waals surface area contributed by atoms with Gasteiger partial charge in [0.1, 0.15) is 0 Å². The zero-order valence-corrected chi connectivity index (χ0v) is 12.4. The molecule has 4 heteroatoms. The summed E-state index contributed by atoms with van der Waals surface area (Å²) in [4.78, 5) is 13.7. The van der Waals surface area contributed by atoms with E-state index in [1.165, 1.54) is 0 Å². The molecule has 1 aromatic carbocycles. The Balaban J connectivity index is 2.31. The molecule has 1 aliphatic heterocycles. The number of Topliss-reactive ketones (excluding diaryl/α,β-unsaturated/α-hetero) is 1. The second-order valence-electron chi connectivity index (χ2n) is 5.08. The minimum Gasteiger partial charge on any atom is -0.375 e. The number of morpholine rings is 1. The Hall–Kier alpha value is -1.06. The quantitative estimate of drug-likeness (QED) is 0.794. The summed E-state index contributed by atoms with van der Waals surface area (Å²) in [5.41, 5.74) is 1.65. The molecule has 1 aromatic rings. The number of halogens is 1. The van der Waals surface area contributed by atoms with E-state index in [4.69, 9.17) is 16.3 Å². The number of hydrogen-bond donors (Lipinski definition) is 0. The lowest BCUT2D eigenvalue weighted by atomic mass is 10.1. The summed E-state index contributed by atoms with van der Waals surface area (Å²) in [7, 11) is 0. The maximum absolute atomic E-state index is 11.4. The van der Waals surface area contributed by atoms with E-state index in [0.717, 1.165) is 25.3 Å². The van der Waals surface area contributed by atoms with Crippen LogP contribution in [0.2, 0.25) is 5.02 Å². The zero-order chi connectivity index (χ0) is 14.0. The number of ketones is 1. The zero-order valence-electron chi connectivity index (χ0n) is 11.6. The largest absolute Gasteiger partial charge is 0.375 e. The second-order valence-corrected chi connectivity index (χ2v) is 5.49. The van der Waals surface area contributed by atoms with Gasteiger partial charge in [-0.1, -0.05) is 18.5 Å². The van der Waals surface area contributed by atoms with Crippen molar-refractivity contribution >= 4 is 23.1 Å². The summed E-state index contributed by atoms with van der Waals surface area (Å²) in [6, 6.07) is 5.89. The van der Waals surface area contributed by atoms with Crippen LogP contribution in [0.3, 0.4) is 0 Å². The van der Waals surface area contributed by atoms with Gasteiger partial charge in [-0.05, 0) is 38.5 Å². The van der Waals surface area contributed by atoms with E-state index in [9.17, 15) is 4.79 Å². The molecule has 0 bridgehead atoms. The Labute approximate surface area is 119 Å². The van der Waals surface area contributed by atoms with Crippen molar-refractivity contribution in [3.8, 4) is 0 Å². The van der Waals surface area contributed by atoms with Crippen LogP contribution < -0.4 is 4.90 Å². The molecule has 0 aromatic heterocycles. The van der Waals surface area contributed by atoms with E-state index in [2.05, 4.69) is 18.7 Å². The molecule has 0 N–H and O–H groups in total. The standard InChI is InChI=1S/C15H20ClNO2/c1-4-13-9-19-10(2)8-17(13)15-6-5-12(11(3)18)7-14(15)16/h5-7,10,13H,4,8-9H2,1-3H3. The molecule has 2 rings (SSSR count). The van der Waals surface area contributed by atoms with Gasteiger partial charge in [0, 0.05) is 12.1 Å². The van der Waals surface area contributed by atoms with Crippen molar-refractivity contribution < 1.29 is 9.53 Å². The maximum Gasteiger partial charge on any atom is 0.159 e. The van der Waals surface area contributed by atoms with Crippen LogP contribution in [-0.4, -0.2) is 31.1 Å². The molecule has 0 aliphatic carbocycles. The highest BCUT2D eigenvalue weighted by Gasteiger charge is 2.27. The Morgan fingerprint density at radius 3 is 2.84 bits per heavy atom. The first-order chi connectivity index (χ1) is 9.02. The van der Waals surface area contributed by atoms with Crippen LogP contribution in [0.5, 0.6) is 0 Å². The molecular formula is C15H20ClNO2. The third-order valence-electron chi connectivity index (χ3n) is 3.60. The van der Waals surface area contributed by atoms with Crippen LogP contribution in [0, 0.1) is 0 Å². The van der Waals surface area contributed by atoms with Crippen LogP contribution in [0.25, 0.3) is 0 Å². The number of hydrogen-bond acceptors (Lipinski definition) is 3. The van der Waals surface area contributed by atoms with E-state index >= 15 is 0 Å². The molecule has 1 fully saturated rings. The molecule has 0 saturated carbocycles. The van der Waals surface area contributed by atoms with Crippen molar-refractivity contribution in [2.24, 2.45) is 0 Å². The topological polar surface area (TPSA) is 29.5 Å². The van der Waals surface area contributed by atoms with Gasteiger partial charge in [-0.3, -0.25) is 4.79 Å². The average molecular weight is 282 g/mol. The van der Waals surface area contributed by atoms with Crippen LogP contribution in [0.1, 0.15) is 37.6 Å². The highest BCUT2D eigenvalue weighted by atomic mass is 35.5. The Morgan fingerprint density at radius 2 is 2.26 bits per heavy atom. The van der Waals surface area contributed by atoms with Crippen LogP contribution >= 0.6 is 11.6 Å². The van der Waals surface area contributed by atoms with E-state index in [-0.39, 0.29) is 11.9 Å². The summed E-state index contributed by atoms with van der Waals surface area (Å²) in [5.74, 6) is 0.0378. The van der Waals surface area contributed by atoms with Crippen molar-refractivity contribution in [1.29, 1.82) is 0 Å². The fraction of sp³-hybridized carbons (Fsp3) is 0.533. The highest BCUT2D eigenvalue weighted by molar-refractivity contribution is 6.33. The first-order valence-corrected chi connectivity index (χ1v) is 7.09. The number of carbonyl (C=O) groups is 1. The number of carbonyl (C=O) groups excluding carboxylic acids is 1. The molecule has 104 valence electrons. The van der Waals surface area contributed by atoms with Crippen molar-refractivity contribution in [2.45, 2.75) is 39.3 Å². The first-order valence-electron chi connectivity index (χ1n) is 6.71. The van der Waals surface area contributed by atoms with E-state index in [1.807, 2.05) is 12.1 Å². The van der Waals surface area contributed by atoms with Gasteiger partial charge < -0.3 is 9.64 Å². The lowest BCUT2D eigenvalue weighted by Crippen LogP contribution is -2.48. The Morgan fingerprint density at radius 1 is 1.53 bits per heavy atom. The summed E-state index contributed by atoms with van der Waals surface area (Å²) in [5, 5.41) is 0.639. The smallest absolute Gasteiger partial charge is 0.159 e. The Kier molecular flexibility index (Phi) is 4.48. The van der Waals surface area contributed by atoms with Gasteiger partial charge in [0.2, 0.25) is 0 Å². The highest BCUT2D eigenvalue weighted by Crippen LogP contribution is 2.31. The predicted octanol–water partition coefficient (Wildman–Crippen LogP) is 3.55. The number of anilines is 1. The average Bonchev–Trinajstić information content (AvgIpc) is 2.38. The van der Waals surface area contributed by atoms with Crippen molar-refractivity contribution in [2.75, 3.05) is 18.1 Å². The lowest BCUT2D eigenvalue weighted by Gasteiger charge is -2.40. The van der Waals surface area contributed by atoms with Crippen molar-refractivity contribution in [1.82, 2.24) is 0 Å². The molecule has 1 saturated heterocycles.